The molecule has 2 heterocycles. The summed E-state index contributed by atoms with van der Waals surface area (Å²) in [4.78, 5) is 57.0. The number of methoxy groups -OCH3 is 1. The Kier molecular flexibility index (Phi) is 12.8. The van der Waals surface area contributed by atoms with Gasteiger partial charge < -0.3 is 20.7 Å². The highest BCUT2D eigenvalue weighted by Gasteiger charge is 2.34. The van der Waals surface area contributed by atoms with E-state index in [0.29, 0.717) is 19.4 Å². The van der Waals surface area contributed by atoms with Crippen LogP contribution < -0.4 is 21.4 Å². The average molecular weight is 621 g/mol. The van der Waals surface area contributed by atoms with Crippen LogP contribution in [0, 0.1) is 11.8 Å². The van der Waals surface area contributed by atoms with Crippen molar-refractivity contribution >= 4 is 40.5 Å². The van der Waals surface area contributed by atoms with E-state index in [9.17, 15) is 19.2 Å². The Labute approximate surface area is 266 Å². The van der Waals surface area contributed by atoms with Crippen LogP contribution in [0.5, 0.6) is 0 Å². The number of aromatic nitrogens is 1. The first kappa shape index (κ1) is 35.4. The van der Waals surface area contributed by atoms with Crippen molar-refractivity contribution in [1.29, 1.82) is 0 Å². The highest BCUT2D eigenvalue weighted by atomic mass is 16.5. The molecular weight excluding hydrogens is 572 g/mol. The van der Waals surface area contributed by atoms with Gasteiger partial charge in [-0.05, 0) is 68.7 Å². The smallest absolute Gasteiger partial charge is 0.258 e. The lowest BCUT2D eigenvalue weighted by molar-refractivity contribution is -0.143. The summed E-state index contributed by atoms with van der Waals surface area (Å²) in [6.45, 7) is 14.9. The number of allylic oxidation sites excluding steroid dienone is 1. The maximum absolute atomic E-state index is 13.3. The molecule has 1 fully saturated rings. The van der Waals surface area contributed by atoms with E-state index >= 15 is 0 Å². The largest absolute Gasteiger partial charge is 0.377 e. The summed E-state index contributed by atoms with van der Waals surface area (Å²) in [5.41, 5.74) is 4.77. The van der Waals surface area contributed by atoms with Crippen LogP contribution in [0.25, 0.3) is 16.8 Å². The number of nitrogens with one attached hydrogen (secondary N) is 4. The van der Waals surface area contributed by atoms with E-state index in [0.717, 1.165) is 22.0 Å². The summed E-state index contributed by atoms with van der Waals surface area (Å²) >= 11 is 0. The Hall–Kier alpha value is -4.09. The molecule has 0 aliphatic carbocycles. The van der Waals surface area contributed by atoms with E-state index in [1.54, 1.807) is 32.2 Å². The van der Waals surface area contributed by atoms with Gasteiger partial charge in [0.15, 0.2) is 0 Å². The zero-order chi connectivity index (χ0) is 33.3. The number of hydrogen-bond acceptors (Lipinski definition) is 7. The number of fused-ring (bicyclic) bond motifs is 1. The second-order valence-electron chi connectivity index (χ2n) is 11.9. The molecule has 3 rings (SSSR count). The molecule has 0 spiro atoms. The van der Waals surface area contributed by atoms with Crippen molar-refractivity contribution in [3.05, 3.63) is 60.5 Å². The molecular formula is C34H48N6O5. The van der Waals surface area contributed by atoms with Gasteiger partial charge in [0.1, 0.15) is 18.1 Å². The molecule has 11 nitrogen and oxygen atoms in total. The standard InChI is InChI=1S/C34H48N6O5/c1-9-12-29(45-8)21(5)31(41)38-30(20(3)4)33(43)37-23(7)34(44)40-16-11-13-28(39-40)32(42)36-22(6)24-14-15-25-19-35-27(10-2)18-26(25)17-24/h9-10,12,14-15,17-23,28-30,39H,2,11,13,16H2,1,3-8H3,(H,36,42)(H,37,43)(H,38,41)/b12-9+/t21-,22-,23+,28+,29-,30+/m1/s1. The first-order chi connectivity index (χ1) is 21.4. The molecule has 1 aliphatic heterocycles. The van der Waals surface area contributed by atoms with Gasteiger partial charge in [-0.2, -0.15) is 0 Å². The monoisotopic (exact) mass is 620 g/mol. The third-order valence-corrected chi connectivity index (χ3v) is 8.14. The Bertz CT molecular complexity index is 1410. The fourth-order valence-corrected chi connectivity index (χ4v) is 5.30. The van der Waals surface area contributed by atoms with Gasteiger partial charge in [-0.3, -0.25) is 29.2 Å². The van der Waals surface area contributed by atoms with Crippen molar-refractivity contribution in [3.8, 4) is 0 Å². The molecule has 4 amide bonds. The maximum atomic E-state index is 13.3. The number of carbonyl (C=O) groups excluding carboxylic acids is 4. The van der Waals surface area contributed by atoms with E-state index in [-0.39, 0.29) is 29.7 Å². The highest BCUT2D eigenvalue weighted by Crippen LogP contribution is 2.22. The van der Waals surface area contributed by atoms with Crippen LogP contribution in [0.4, 0.5) is 0 Å². The minimum absolute atomic E-state index is 0.220. The number of rotatable bonds is 13. The number of benzene rings is 1. The molecule has 2 aromatic rings. The van der Waals surface area contributed by atoms with Crippen LogP contribution in [0.2, 0.25) is 0 Å². The van der Waals surface area contributed by atoms with Gasteiger partial charge in [0, 0.05) is 25.2 Å². The number of ether oxygens (including phenoxy) is 1. The van der Waals surface area contributed by atoms with Crippen LogP contribution in [0.3, 0.4) is 0 Å². The van der Waals surface area contributed by atoms with Gasteiger partial charge in [-0.25, -0.2) is 5.43 Å². The fourth-order valence-electron chi connectivity index (χ4n) is 5.30. The third kappa shape index (κ3) is 9.21. The molecule has 0 radical (unpaired) electrons. The Morgan fingerprint density at radius 1 is 1.04 bits per heavy atom. The fraction of sp³-hybridized carbons (Fsp3) is 0.500. The van der Waals surface area contributed by atoms with Crippen molar-refractivity contribution in [3.63, 3.8) is 0 Å². The summed E-state index contributed by atoms with van der Waals surface area (Å²) in [5.74, 6) is -2.12. The quantitative estimate of drug-likeness (QED) is 0.252. The SMILES string of the molecule is C=Cc1cc2cc([C@@H](C)NC(=O)[C@@H]3CCCN(C(=O)[C@H](C)NC(=O)[C@@H](NC(=O)[C@H](C)[C@@H](/C=C/C)OC)C(C)C)N3)ccc2cn1. The maximum Gasteiger partial charge on any atom is 0.258 e. The van der Waals surface area contributed by atoms with E-state index < -0.39 is 36.1 Å². The van der Waals surface area contributed by atoms with Gasteiger partial charge in [0.05, 0.1) is 23.8 Å². The second kappa shape index (κ2) is 16.3. The number of carbonyl (C=O) groups is 4. The molecule has 45 heavy (non-hydrogen) atoms. The topological polar surface area (TPSA) is 142 Å². The van der Waals surface area contributed by atoms with Crippen molar-refractivity contribution in [2.75, 3.05) is 13.7 Å². The molecule has 1 aliphatic rings. The van der Waals surface area contributed by atoms with Gasteiger partial charge in [0.25, 0.3) is 5.91 Å². The van der Waals surface area contributed by atoms with Crippen molar-refractivity contribution in [1.82, 2.24) is 31.4 Å². The minimum atomic E-state index is -0.886. The zero-order valence-corrected chi connectivity index (χ0v) is 27.4. The van der Waals surface area contributed by atoms with E-state index in [2.05, 4.69) is 32.9 Å². The van der Waals surface area contributed by atoms with Gasteiger partial charge in [-0.1, -0.05) is 51.6 Å². The Morgan fingerprint density at radius 2 is 1.78 bits per heavy atom. The van der Waals surface area contributed by atoms with E-state index in [1.165, 1.54) is 12.1 Å². The highest BCUT2D eigenvalue weighted by molar-refractivity contribution is 5.93. The lowest BCUT2D eigenvalue weighted by Gasteiger charge is -2.35. The minimum Gasteiger partial charge on any atom is -0.377 e. The summed E-state index contributed by atoms with van der Waals surface area (Å²) < 4.78 is 5.39. The lowest BCUT2D eigenvalue weighted by atomic mass is 9.99. The predicted molar refractivity (Wildman–Crippen MR) is 175 cm³/mol. The summed E-state index contributed by atoms with van der Waals surface area (Å²) in [5, 5.41) is 12.0. The molecule has 0 unspecified atom stereocenters. The lowest BCUT2D eigenvalue weighted by Crippen LogP contribution is -2.62. The van der Waals surface area contributed by atoms with Crippen LogP contribution in [0.15, 0.2) is 49.2 Å². The normalized spacial score (nSPS) is 18.6. The number of nitrogens with zero attached hydrogens (tertiary/aromatic N) is 2. The Morgan fingerprint density at radius 3 is 2.42 bits per heavy atom. The van der Waals surface area contributed by atoms with Crippen molar-refractivity contribution < 1.29 is 23.9 Å². The van der Waals surface area contributed by atoms with Crippen LogP contribution >= 0.6 is 0 Å². The third-order valence-electron chi connectivity index (χ3n) is 8.14. The molecule has 6 atom stereocenters. The predicted octanol–water partition coefficient (Wildman–Crippen LogP) is 3.42. The second-order valence-corrected chi connectivity index (χ2v) is 11.9. The molecule has 1 aromatic carbocycles. The molecule has 244 valence electrons. The molecule has 1 saturated heterocycles. The summed E-state index contributed by atoms with van der Waals surface area (Å²) in [6.07, 6.45) is 7.83. The van der Waals surface area contributed by atoms with E-state index in [1.807, 2.05) is 58.0 Å². The van der Waals surface area contributed by atoms with E-state index in [4.69, 9.17) is 4.74 Å². The van der Waals surface area contributed by atoms with Crippen LogP contribution in [0.1, 0.15) is 71.7 Å². The first-order valence-corrected chi connectivity index (χ1v) is 15.6. The molecule has 0 saturated carbocycles. The number of hydrazine groups is 1. The van der Waals surface area contributed by atoms with Gasteiger partial charge in [-0.15, -0.1) is 0 Å². The van der Waals surface area contributed by atoms with Crippen molar-refractivity contribution in [2.24, 2.45) is 11.8 Å². The number of hydrogen-bond donors (Lipinski definition) is 4. The summed E-state index contributed by atoms with van der Waals surface area (Å²) in [6, 6.07) is 5.30. The average Bonchev–Trinajstić information content (AvgIpc) is 3.04. The number of pyridine rings is 1. The molecule has 1 aromatic heterocycles. The first-order valence-electron chi connectivity index (χ1n) is 15.6. The van der Waals surface area contributed by atoms with Gasteiger partial charge >= 0.3 is 0 Å². The van der Waals surface area contributed by atoms with Crippen molar-refractivity contribution in [2.45, 2.75) is 84.7 Å². The van der Waals surface area contributed by atoms with Crippen LogP contribution in [-0.4, -0.2) is 71.5 Å². The number of amides is 4. The zero-order valence-electron chi connectivity index (χ0n) is 27.4. The molecule has 0 bridgehead atoms. The summed E-state index contributed by atoms with van der Waals surface area (Å²) in [7, 11) is 1.53. The van der Waals surface area contributed by atoms with Crippen LogP contribution in [-0.2, 0) is 23.9 Å². The molecule has 11 heteroatoms. The molecule has 4 N–H and O–H groups in total. The Balaban J connectivity index is 1.59. The van der Waals surface area contributed by atoms with Gasteiger partial charge in [0.2, 0.25) is 17.7 Å².